The molecule has 5 nitrogen and oxygen atoms in total. The van der Waals surface area contributed by atoms with Gasteiger partial charge in [0.2, 0.25) is 5.91 Å². The van der Waals surface area contributed by atoms with Crippen molar-refractivity contribution in [1.29, 1.82) is 0 Å². The lowest BCUT2D eigenvalue weighted by Crippen LogP contribution is -2.29. The second kappa shape index (κ2) is 4.55. The zero-order chi connectivity index (χ0) is 13.4. The topological polar surface area (TPSA) is 83.6 Å². The molecular formula is C11H10ClFN2O3. The molecule has 1 amide bonds. The second-order valence-electron chi connectivity index (χ2n) is 4.06. The minimum absolute atomic E-state index is 0.00326. The summed E-state index contributed by atoms with van der Waals surface area (Å²) >= 11 is 5.83. The summed E-state index contributed by atoms with van der Waals surface area (Å²) < 4.78 is 13.2. The first-order valence-corrected chi connectivity index (χ1v) is 5.56. The Hall–Kier alpha value is -1.66. The molecule has 0 saturated carbocycles. The highest BCUT2D eigenvalue weighted by molar-refractivity contribution is 6.34. The lowest BCUT2D eigenvalue weighted by molar-refractivity contribution is -0.117. The molecule has 1 aliphatic heterocycles. The Kier molecular flexibility index (Phi) is 3.23. The van der Waals surface area contributed by atoms with E-state index in [9.17, 15) is 14.0 Å². The van der Waals surface area contributed by atoms with Crippen LogP contribution in [0.1, 0.15) is 16.8 Å². The van der Waals surface area contributed by atoms with Gasteiger partial charge in [-0.25, -0.2) is 9.18 Å². The zero-order valence-electron chi connectivity index (χ0n) is 9.19. The van der Waals surface area contributed by atoms with Gasteiger partial charge in [-0.3, -0.25) is 4.79 Å². The van der Waals surface area contributed by atoms with Crippen LogP contribution in [-0.2, 0) is 4.79 Å². The first kappa shape index (κ1) is 12.8. The molecule has 0 spiro atoms. The van der Waals surface area contributed by atoms with Crippen LogP contribution in [0, 0.1) is 5.82 Å². The molecule has 96 valence electrons. The predicted molar refractivity (Wildman–Crippen MR) is 63.3 cm³/mol. The summed E-state index contributed by atoms with van der Waals surface area (Å²) in [5.41, 5.74) is 5.29. The van der Waals surface area contributed by atoms with Crippen LogP contribution < -0.4 is 10.6 Å². The van der Waals surface area contributed by atoms with E-state index < -0.39 is 11.8 Å². The number of halogens is 2. The highest BCUT2D eigenvalue weighted by Crippen LogP contribution is 2.33. The average molecular weight is 273 g/mol. The van der Waals surface area contributed by atoms with Crippen molar-refractivity contribution in [3.63, 3.8) is 0 Å². The van der Waals surface area contributed by atoms with E-state index in [4.69, 9.17) is 22.4 Å². The molecule has 0 aromatic heterocycles. The number of hydrogen-bond donors (Lipinski definition) is 2. The number of nitrogens with zero attached hydrogens (tertiary/aromatic N) is 1. The molecule has 1 aromatic rings. The van der Waals surface area contributed by atoms with Crippen molar-refractivity contribution >= 4 is 29.2 Å². The fraction of sp³-hybridized carbons (Fsp3) is 0.273. The van der Waals surface area contributed by atoms with Crippen molar-refractivity contribution < 1.29 is 19.1 Å². The number of hydrogen-bond acceptors (Lipinski definition) is 3. The summed E-state index contributed by atoms with van der Waals surface area (Å²) in [4.78, 5) is 24.0. The van der Waals surface area contributed by atoms with Crippen molar-refractivity contribution in [3.8, 4) is 0 Å². The molecule has 1 aliphatic rings. The zero-order valence-corrected chi connectivity index (χ0v) is 9.95. The van der Waals surface area contributed by atoms with Crippen LogP contribution in [0.4, 0.5) is 10.1 Å². The molecule has 0 aliphatic carbocycles. The predicted octanol–water partition coefficient (Wildman–Crippen LogP) is 1.24. The minimum atomic E-state index is -1.35. The Balaban J connectivity index is 2.56. The molecule has 1 unspecified atom stereocenters. The quantitative estimate of drug-likeness (QED) is 0.848. The molecule has 18 heavy (non-hydrogen) atoms. The van der Waals surface area contributed by atoms with Crippen molar-refractivity contribution in [1.82, 2.24) is 0 Å². The van der Waals surface area contributed by atoms with Gasteiger partial charge < -0.3 is 15.7 Å². The molecule has 1 aromatic carbocycles. The first-order chi connectivity index (χ1) is 8.40. The van der Waals surface area contributed by atoms with Gasteiger partial charge in [-0.2, -0.15) is 0 Å². The smallest absolute Gasteiger partial charge is 0.337 e. The number of carbonyl (C=O) groups excluding carboxylic acids is 1. The first-order valence-electron chi connectivity index (χ1n) is 5.18. The number of rotatable bonds is 2. The van der Waals surface area contributed by atoms with Crippen molar-refractivity contribution in [2.75, 3.05) is 11.4 Å². The second-order valence-corrected chi connectivity index (χ2v) is 4.46. The third-order valence-electron chi connectivity index (χ3n) is 2.68. The van der Waals surface area contributed by atoms with E-state index in [1.54, 1.807) is 0 Å². The number of carboxylic acids is 1. The molecule has 0 radical (unpaired) electrons. The average Bonchev–Trinajstić information content (AvgIpc) is 2.56. The summed E-state index contributed by atoms with van der Waals surface area (Å²) in [6.07, 6.45) is 0.118. The largest absolute Gasteiger partial charge is 0.478 e. The van der Waals surface area contributed by atoms with E-state index >= 15 is 0 Å². The van der Waals surface area contributed by atoms with E-state index in [1.807, 2.05) is 0 Å². The summed E-state index contributed by atoms with van der Waals surface area (Å²) in [5.74, 6) is -2.43. The molecule has 0 bridgehead atoms. The van der Waals surface area contributed by atoms with E-state index in [-0.39, 0.29) is 41.2 Å². The molecule has 1 atom stereocenters. The maximum atomic E-state index is 13.2. The van der Waals surface area contributed by atoms with Gasteiger partial charge in [-0.1, -0.05) is 11.6 Å². The monoisotopic (exact) mass is 272 g/mol. The number of anilines is 1. The van der Waals surface area contributed by atoms with Crippen LogP contribution in [0.25, 0.3) is 0 Å². The third kappa shape index (κ3) is 2.16. The van der Waals surface area contributed by atoms with Crippen molar-refractivity contribution in [2.24, 2.45) is 5.73 Å². The van der Waals surface area contributed by atoms with Crippen LogP contribution in [0.3, 0.4) is 0 Å². The molecular weight excluding hydrogens is 263 g/mol. The van der Waals surface area contributed by atoms with Gasteiger partial charge in [-0.15, -0.1) is 0 Å². The number of carboxylic acid groups (broad SMARTS) is 1. The Morgan fingerprint density at radius 3 is 2.72 bits per heavy atom. The van der Waals surface area contributed by atoms with Gasteiger partial charge in [0.15, 0.2) is 0 Å². The van der Waals surface area contributed by atoms with E-state index in [2.05, 4.69) is 0 Å². The van der Waals surface area contributed by atoms with Gasteiger partial charge in [-0.05, 0) is 12.1 Å². The van der Waals surface area contributed by atoms with Gasteiger partial charge in [0, 0.05) is 19.0 Å². The van der Waals surface area contributed by atoms with E-state index in [0.717, 1.165) is 12.1 Å². The molecule has 1 fully saturated rings. The number of aromatic carboxylic acids is 1. The Labute approximate surface area is 107 Å². The van der Waals surface area contributed by atoms with Crippen LogP contribution in [-0.4, -0.2) is 29.6 Å². The third-order valence-corrected chi connectivity index (χ3v) is 2.97. The fourth-order valence-corrected chi connectivity index (χ4v) is 2.26. The summed E-state index contributed by atoms with van der Waals surface area (Å²) in [6.45, 7) is 0.171. The van der Waals surface area contributed by atoms with Gasteiger partial charge in [0.05, 0.1) is 16.3 Å². The Bertz CT molecular complexity index is 535. The fourth-order valence-electron chi connectivity index (χ4n) is 1.95. The summed E-state index contributed by atoms with van der Waals surface area (Å²) in [5, 5.41) is 8.92. The lowest BCUT2D eigenvalue weighted by Gasteiger charge is -2.20. The van der Waals surface area contributed by atoms with Gasteiger partial charge in [0.1, 0.15) is 5.82 Å². The minimum Gasteiger partial charge on any atom is -0.478 e. The normalized spacial score (nSPS) is 19.4. The SMILES string of the molecule is NC1CC(=O)N(c2c(Cl)cc(F)cc2C(=O)O)C1. The number of benzene rings is 1. The summed E-state index contributed by atoms with van der Waals surface area (Å²) in [7, 11) is 0. The van der Waals surface area contributed by atoms with Gasteiger partial charge >= 0.3 is 5.97 Å². The maximum absolute atomic E-state index is 13.2. The highest BCUT2D eigenvalue weighted by Gasteiger charge is 2.32. The number of carbonyl (C=O) groups is 2. The van der Waals surface area contributed by atoms with E-state index in [0.29, 0.717) is 0 Å². The van der Waals surface area contributed by atoms with Crippen LogP contribution in [0.5, 0.6) is 0 Å². The molecule has 7 heteroatoms. The van der Waals surface area contributed by atoms with Crippen molar-refractivity contribution in [2.45, 2.75) is 12.5 Å². The Morgan fingerprint density at radius 1 is 1.56 bits per heavy atom. The Morgan fingerprint density at radius 2 is 2.22 bits per heavy atom. The molecule has 3 N–H and O–H groups in total. The van der Waals surface area contributed by atoms with Crippen LogP contribution >= 0.6 is 11.6 Å². The number of nitrogens with two attached hydrogens (primary N) is 1. The van der Waals surface area contributed by atoms with Crippen LogP contribution in [0.2, 0.25) is 5.02 Å². The van der Waals surface area contributed by atoms with Crippen LogP contribution in [0.15, 0.2) is 12.1 Å². The standard InChI is InChI=1S/C11H10ClFN2O3/c12-8-2-5(13)1-7(11(17)18)10(8)15-4-6(14)3-9(15)16/h1-2,6H,3-4,14H2,(H,17,18). The molecule has 1 heterocycles. The molecule has 2 rings (SSSR count). The molecule has 1 saturated heterocycles. The van der Waals surface area contributed by atoms with Gasteiger partial charge in [0.25, 0.3) is 0 Å². The highest BCUT2D eigenvalue weighted by atomic mass is 35.5. The summed E-state index contributed by atoms with van der Waals surface area (Å²) in [6, 6.07) is 1.43. The van der Waals surface area contributed by atoms with Crippen molar-refractivity contribution in [3.05, 3.63) is 28.5 Å². The number of amides is 1. The maximum Gasteiger partial charge on any atom is 0.337 e. The van der Waals surface area contributed by atoms with E-state index in [1.165, 1.54) is 4.90 Å². The lowest BCUT2D eigenvalue weighted by atomic mass is 10.1.